The number of benzene rings is 2. The molecule has 0 aliphatic carbocycles. The van der Waals surface area contributed by atoms with Crippen LogP contribution in [0.25, 0.3) is 0 Å². The molecule has 2 rings (SSSR count). The van der Waals surface area contributed by atoms with Crippen molar-refractivity contribution in [2.24, 2.45) is 0 Å². The average Bonchev–Trinajstić information content (AvgIpc) is 2.45. The summed E-state index contributed by atoms with van der Waals surface area (Å²) in [5, 5.41) is 2.65. The van der Waals surface area contributed by atoms with Crippen LogP contribution in [0.5, 0.6) is 5.75 Å². The Morgan fingerprint density at radius 2 is 2.10 bits per heavy atom. The molecular weight excluding hydrogens is 271 g/mol. The highest BCUT2D eigenvalue weighted by Gasteiger charge is 2.12. The smallest absolute Gasteiger partial charge is 0.256 e. The number of amides is 1. The van der Waals surface area contributed by atoms with Crippen molar-refractivity contribution in [2.75, 3.05) is 17.7 Å². The van der Waals surface area contributed by atoms with Gasteiger partial charge < -0.3 is 15.8 Å². The fourth-order valence-electron chi connectivity index (χ4n) is 1.95. The second-order valence-electron chi connectivity index (χ2n) is 4.55. The van der Waals surface area contributed by atoms with E-state index in [-0.39, 0.29) is 11.7 Å². The maximum absolute atomic E-state index is 13.7. The Kier molecular flexibility index (Phi) is 4.42. The molecule has 0 bridgehead atoms. The summed E-state index contributed by atoms with van der Waals surface area (Å²) in [6.07, 6.45) is 0. The number of carbonyl (C=O) groups is 1. The van der Waals surface area contributed by atoms with Crippen LogP contribution in [0.15, 0.2) is 36.4 Å². The predicted molar refractivity (Wildman–Crippen MR) is 81.1 cm³/mol. The molecule has 2 aromatic rings. The van der Waals surface area contributed by atoms with E-state index in [4.69, 9.17) is 10.5 Å². The largest absolute Gasteiger partial charge is 0.491 e. The van der Waals surface area contributed by atoms with E-state index < -0.39 is 5.82 Å². The highest BCUT2D eigenvalue weighted by atomic mass is 19.1. The molecule has 0 spiro atoms. The van der Waals surface area contributed by atoms with Gasteiger partial charge in [0, 0.05) is 23.0 Å². The van der Waals surface area contributed by atoms with Gasteiger partial charge >= 0.3 is 0 Å². The molecule has 0 radical (unpaired) electrons. The highest BCUT2D eigenvalue weighted by Crippen LogP contribution is 2.22. The van der Waals surface area contributed by atoms with Gasteiger partial charge in [0.25, 0.3) is 5.91 Å². The maximum atomic E-state index is 13.7. The van der Waals surface area contributed by atoms with Gasteiger partial charge in [-0.15, -0.1) is 0 Å². The summed E-state index contributed by atoms with van der Waals surface area (Å²) in [6, 6.07) is 9.41. The Bertz CT molecular complexity index is 671. The molecule has 110 valence electrons. The minimum atomic E-state index is -0.515. The number of anilines is 2. The SMILES string of the molecule is CCOc1ccc(NC(=O)c2cccc(N)c2C)cc1F. The number of carbonyl (C=O) groups excluding carboxylic acids is 1. The number of hydrogen-bond acceptors (Lipinski definition) is 3. The van der Waals surface area contributed by atoms with Crippen molar-refractivity contribution >= 4 is 17.3 Å². The molecule has 0 aliphatic heterocycles. The molecule has 0 heterocycles. The van der Waals surface area contributed by atoms with E-state index in [2.05, 4.69) is 5.32 Å². The standard InChI is InChI=1S/C16H17FN2O2/c1-3-21-15-8-7-11(9-13(15)17)19-16(20)12-5-4-6-14(18)10(12)2/h4-9H,3,18H2,1-2H3,(H,19,20). The van der Waals surface area contributed by atoms with Gasteiger partial charge in [-0.1, -0.05) is 6.07 Å². The van der Waals surface area contributed by atoms with Gasteiger partial charge in [0.15, 0.2) is 11.6 Å². The van der Waals surface area contributed by atoms with Crippen LogP contribution in [0.1, 0.15) is 22.8 Å². The molecule has 0 atom stereocenters. The van der Waals surface area contributed by atoms with Crippen molar-refractivity contribution in [1.82, 2.24) is 0 Å². The number of halogens is 1. The number of nitrogens with one attached hydrogen (secondary N) is 1. The van der Waals surface area contributed by atoms with E-state index in [1.54, 1.807) is 38.1 Å². The first-order valence-electron chi connectivity index (χ1n) is 6.61. The molecule has 0 aliphatic rings. The topological polar surface area (TPSA) is 64.3 Å². The average molecular weight is 288 g/mol. The Morgan fingerprint density at radius 1 is 1.33 bits per heavy atom. The predicted octanol–water partition coefficient (Wildman–Crippen LogP) is 3.37. The summed E-state index contributed by atoms with van der Waals surface area (Å²) in [4.78, 5) is 12.2. The van der Waals surface area contributed by atoms with Gasteiger partial charge in [0.2, 0.25) is 0 Å². The first-order chi connectivity index (χ1) is 10.0. The summed E-state index contributed by atoms with van der Waals surface area (Å²) >= 11 is 0. The lowest BCUT2D eigenvalue weighted by molar-refractivity contribution is 0.102. The summed E-state index contributed by atoms with van der Waals surface area (Å²) < 4.78 is 18.8. The number of nitrogen functional groups attached to an aromatic ring is 1. The van der Waals surface area contributed by atoms with Gasteiger partial charge in [-0.25, -0.2) is 4.39 Å². The third kappa shape index (κ3) is 3.31. The van der Waals surface area contributed by atoms with E-state index >= 15 is 0 Å². The summed E-state index contributed by atoms with van der Waals surface area (Å²) in [7, 11) is 0. The molecule has 1 amide bonds. The van der Waals surface area contributed by atoms with E-state index in [1.165, 1.54) is 12.1 Å². The zero-order chi connectivity index (χ0) is 15.4. The van der Waals surface area contributed by atoms with E-state index in [0.717, 1.165) is 0 Å². The minimum Gasteiger partial charge on any atom is -0.491 e. The maximum Gasteiger partial charge on any atom is 0.256 e. The first kappa shape index (κ1) is 14.8. The van der Waals surface area contributed by atoms with Crippen molar-refractivity contribution in [1.29, 1.82) is 0 Å². The lowest BCUT2D eigenvalue weighted by Crippen LogP contribution is -2.14. The molecule has 21 heavy (non-hydrogen) atoms. The van der Waals surface area contributed by atoms with Crippen LogP contribution in [0.4, 0.5) is 15.8 Å². The van der Waals surface area contributed by atoms with Crippen molar-refractivity contribution in [3.05, 3.63) is 53.3 Å². The molecule has 3 N–H and O–H groups in total. The Hall–Kier alpha value is -2.56. The van der Waals surface area contributed by atoms with Crippen LogP contribution in [-0.2, 0) is 0 Å². The van der Waals surface area contributed by atoms with Gasteiger partial charge in [0.1, 0.15) is 0 Å². The molecule has 0 saturated carbocycles. The molecule has 0 fully saturated rings. The fourth-order valence-corrected chi connectivity index (χ4v) is 1.95. The van der Waals surface area contributed by atoms with E-state index in [1.807, 2.05) is 0 Å². The summed E-state index contributed by atoms with van der Waals surface area (Å²) in [6.45, 7) is 3.92. The monoisotopic (exact) mass is 288 g/mol. The fraction of sp³-hybridized carbons (Fsp3) is 0.188. The molecule has 5 heteroatoms. The lowest BCUT2D eigenvalue weighted by atomic mass is 10.1. The number of nitrogens with two attached hydrogens (primary N) is 1. The van der Waals surface area contributed by atoms with E-state index in [0.29, 0.717) is 29.1 Å². The van der Waals surface area contributed by atoms with Gasteiger partial charge in [-0.05, 0) is 43.7 Å². The van der Waals surface area contributed by atoms with Crippen LogP contribution < -0.4 is 15.8 Å². The molecule has 0 unspecified atom stereocenters. The zero-order valence-electron chi connectivity index (χ0n) is 11.9. The molecule has 0 aromatic heterocycles. The first-order valence-corrected chi connectivity index (χ1v) is 6.61. The van der Waals surface area contributed by atoms with Crippen molar-refractivity contribution in [3.8, 4) is 5.75 Å². The zero-order valence-corrected chi connectivity index (χ0v) is 11.9. The molecule has 2 aromatic carbocycles. The molecule has 4 nitrogen and oxygen atoms in total. The van der Waals surface area contributed by atoms with Gasteiger partial charge in [-0.2, -0.15) is 0 Å². The minimum absolute atomic E-state index is 0.163. The normalized spacial score (nSPS) is 10.2. The second-order valence-corrected chi connectivity index (χ2v) is 4.55. The lowest BCUT2D eigenvalue weighted by Gasteiger charge is -2.10. The summed E-state index contributed by atoms with van der Waals surface area (Å²) in [5.41, 5.74) is 7.84. The number of hydrogen-bond donors (Lipinski definition) is 2. The van der Waals surface area contributed by atoms with Gasteiger partial charge in [0.05, 0.1) is 6.61 Å². The third-order valence-electron chi connectivity index (χ3n) is 3.11. The highest BCUT2D eigenvalue weighted by molar-refractivity contribution is 6.06. The van der Waals surface area contributed by atoms with Crippen LogP contribution in [-0.4, -0.2) is 12.5 Å². The molecular formula is C16H17FN2O2. The quantitative estimate of drug-likeness (QED) is 0.848. The van der Waals surface area contributed by atoms with Crippen molar-refractivity contribution in [3.63, 3.8) is 0 Å². The van der Waals surface area contributed by atoms with Crippen molar-refractivity contribution < 1.29 is 13.9 Å². The van der Waals surface area contributed by atoms with Crippen LogP contribution in [0.2, 0.25) is 0 Å². The number of ether oxygens (including phenoxy) is 1. The Balaban J connectivity index is 2.20. The number of rotatable bonds is 4. The van der Waals surface area contributed by atoms with Gasteiger partial charge in [-0.3, -0.25) is 4.79 Å². The third-order valence-corrected chi connectivity index (χ3v) is 3.11. The van der Waals surface area contributed by atoms with Crippen LogP contribution in [0, 0.1) is 12.7 Å². The van der Waals surface area contributed by atoms with E-state index in [9.17, 15) is 9.18 Å². The summed E-state index contributed by atoms with van der Waals surface area (Å²) in [5.74, 6) is -0.682. The Morgan fingerprint density at radius 3 is 2.76 bits per heavy atom. The van der Waals surface area contributed by atoms with Crippen molar-refractivity contribution in [2.45, 2.75) is 13.8 Å². The Labute approximate surface area is 122 Å². The van der Waals surface area contributed by atoms with Crippen LogP contribution >= 0.6 is 0 Å². The van der Waals surface area contributed by atoms with Crippen LogP contribution in [0.3, 0.4) is 0 Å². The second kappa shape index (κ2) is 6.26. The molecule has 0 saturated heterocycles.